The van der Waals surface area contributed by atoms with Gasteiger partial charge in [0.1, 0.15) is 23.0 Å². The van der Waals surface area contributed by atoms with Crippen LogP contribution in [0.1, 0.15) is 23.1 Å². The minimum Gasteiger partial charge on any atom is -0.450 e. The second-order valence-electron chi connectivity index (χ2n) is 4.08. The van der Waals surface area contributed by atoms with Gasteiger partial charge in [-0.2, -0.15) is 0 Å². The number of furan rings is 1. The second kappa shape index (κ2) is 5.68. The van der Waals surface area contributed by atoms with Crippen molar-refractivity contribution >= 4 is 26.0 Å². The number of nitrogens with zero attached hydrogens (tertiary/aromatic N) is 1. The molecule has 0 amide bonds. The molecule has 9 heteroatoms. The van der Waals surface area contributed by atoms with Gasteiger partial charge < -0.3 is 13.9 Å². The number of rotatable bonds is 5. The quantitative estimate of drug-likeness (QED) is 0.834. The predicted octanol–water partition coefficient (Wildman–Crippen LogP) is 1.62. The summed E-state index contributed by atoms with van der Waals surface area (Å²) < 4.78 is 36.9. The molecule has 2 aromatic heterocycles. The normalized spacial score (nSPS) is 12.0. The average Bonchev–Trinajstić information content (AvgIpc) is 2.91. The SMILES string of the molecule is Cc1nc(CNS(=O)(=O)c2cc(CO)oc2Br)oc1C. The van der Waals surface area contributed by atoms with Crippen LogP contribution in [0.15, 0.2) is 24.5 Å². The van der Waals surface area contributed by atoms with Crippen LogP contribution in [0, 0.1) is 13.8 Å². The summed E-state index contributed by atoms with van der Waals surface area (Å²) in [4.78, 5) is 4.00. The Hall–Kier alpha value is -1.16. The molecule has 0 radical (unpaired) electrons. The number of hydrogen-bond acceptors (Lipinski definition) is 6. The molecule has 0 aliphatic heterocycles. The lowest BCUT2D eigenvalue weighted by molar-refractivity contribution is 0.245. The molecule has 7 nitrogen and oxygen atoms in total. The van der Waals surface area contributed by atoms with Crippen molar-refractivity contribution in [3.05, 3.63) is 33.8 Å². The Labute approximate surface area is 124 Å². The second-order valence-corrected chi connectivity index (χ2v) is 6.54. The summed E-state index contributed by atoms with van der Waals surface area (Å²) in [7, 11) is -3.78. The largest absolute Gasteiger partial charge is 0.450 e. The number of aliphatic hydroxyl groups is 1. The van der Waals surface area contributed by atoms with Crippen molar-refractivity contribution in [2.45, 2.75) is 31.9 Å². The molecule has 0 saturated heterocycles. The summed E-state index contributed by atoms with van der Waals surface area (Å²) in [5.41, 5.74) is 0.714. The molecule has 2 N–H and O–H groups in total. The van der Waals surface area contributed by atoms with Crippen molar-refractivity contribution in [2.24, 2.45) is 0 Å². The van der Waals surface area contributed by atoms with Crippen LogP contribution >= 0.6 is 15.9 Å². The molecule has 0 aliphatic rings. The minimum absolute atomic E-state index is 0.0359. The number of aliphatic hydroxyl groups excluding tert-OH is 1. The van der Waals surface area contributed by atoms with E-state index in [-0.39, 0.29) is 34.4 Å². The summed E-state index contributed by atoms with van der Waals surface area (Å²) in [5, 5.41) is 8.93. The Kier molecular flexibility index (Phi) is 4.33. The van der Waals surface area contributed by atoms with Crippen molar-refractivity contribution in [3.8, 4) is 0 Å². The summed E-state index contributed by atoms with van der Waals surface area (Å²) in [6.07, 6.45) is 0. The van der Waals surface area contributed by atoms with E-state index in [2.05, 4.69) is 25.6 Å². The zero-order valence-corrected chi connectivity index (χ0v) is 13.2. The van der Waals surface area contributed by atoms with Crippen LogP contribution in [0.25, 0.3) is 0 Å². The lowest BCUT2D eigenvalue weighted by atomic mass is 10.4. The molecule has 0 bridgehead atoms. The molecular formula is C11H13BrN2O5S. The van der Waals surface area contributed by atoms with Crippen molar-refractivity contribution in [3.63, 3.8) is 0 Å². The number of hydrogen-bond donors (Lipinski definition) is 2. The van der Waals surface area contributed by atoms with Crippen LogP contribution in [0.3, 0.4) is 0 Å². The monoisotopic (exact) mass is 364 g/mol. The topological polar surface area (TPSA) is 106 Å². The molecular weight excluding hydrogens is 352 g/mol. The maximum atomic E-state index is 12.1. The Bertz CT molecular complexity index is 700. The third-order valence-electron chi connectivity index (χ3n) is 2.64. The molecule has 0 aliphatic carbocycles. The zero-order valence-electron chi connectivity index (χ0n) is 10.8. The van der Waals surface area contributed by atoms with E-state index in [0.717, 1.165) is 0 Å². The molecule has 0 unspecified atom stereocenters. The van der Waals surface area contributed by atoms with Crippen molar-refractivity contribution < 1.29 is 22.4 Å². The van der Waals surface area contributed by atoms with Gasteiger partial charge >= 0.3 is 0 Å². The van der Waals surface area contributed by atoms with E-state index in [9.17, 15) is 8.42 Å². The average molecular weight is 365 g/mol. The van der Waals surface area contributed by atoms with Crippen molar-refractivity contribution in [1.82, 2.24) is 9.71 Å². The maximum absolute atomic E-state index is 12.1. The van der Waals surface area contributed by atoms with Crippen molar-refractivity contribution in [1.29, 1.82) is 0 Å². The molecule has 0 spiro atoms. The van der Waals surface area contributed by atoms with Crippen LogP contribution in [-0.2, 0) is 23.2 Å². The summed E-state index contributed by atoms with van der Waals surface area (Å²) >= 11 is 3.00. The van der Waals surface area contributed by atoms with Gasteiger partial charge in [0.05, 0.1) is 12.2 Å². The molecule has 0 atom stereocenters. The van der Waals surface area contributed by atoms with E-state index in [4.69, 9.17) is 13.9 Å². The van der Waals surface area contributed by atoms with E-state index in [1.807, 2.05) is 0 Å². The van der Waals surface area contributed by atoms with Crippen LogP contribution < -0.4 is 4.72 Å². The first-order valence-electron chi connectivity index (χ1n) is 5.65. The standard InChI is InChI=1S/C11H13BrN2O5S/c1-6-7(2)18-10(14-6)4-13-20(16,17)9-3-8(5-15)19-11(9)12/h3,13,15H,4-5H2,1-2H3. The van der Waals surface area contributed by atoms with Crippen LogP contribution in [0.4, 0.5) is 0 Å². The number of aromatic nitrogens is 1. The van der Waals surface area contributed by atoms with Gasteiger partial charge in [-0.25, -0.2) is 18.1 Å². The zero-order chi connectivity index (χ0) is 14.9. The molecule has 2 rings (SSSR count). The number of sulfonamides is 1. The highest BCUT2D eigenvalue weighted by Crippen LogP contribution is 2.26. The highest BCUT2D eigenvalue weighted by molar-refractivity contribution is 9.10. The number of oxazole rings is 1. The molecule has 0 saturated carbocycles. The van der Waals surface area contributed by atoms with Gasteiger partial charge in [0.15, 0.2) is 4.67 Å². The third kappa shape index (κ3) is 3.11. The summed E-state index contributed by atoms with van der Waals surface area (Å²) in [5.74, 6) is 1.08. The van der Waals surface area contributed by atoms with Gasteiger partial charge in [-0.1, -0.05) is 0 Å². The van der Waals surface area contributed by atoms with Crippen LogP contribution in [-0.4, -0.2) is 18.5 Å². The highest BCUT2D eigenvalue weighted by Gasteiger charge is 2.23. The van der Waals surface area contributed by atoms with E-state index in [1.54, 1.807) is 13.8 Å². The van der Waals surface area contributed by atoms with E-state index in [0.29, 0.717) is 11.5 Å². The van der Waals surface area contributed by atoms with Gasteiger partial charge in [-0.15, -0.1) is 0 Å². The summed E-state index contributed by atoms with van der Waals surface area (Å²) in [6.45, 7) is 3.08. The van der Waals surface area contributed by atoms with Crippen molar-refractivity contribution in [2.75, 3.05) is 0 Å². The molecule has 110 valence electrons. The Balaban J connectivity index is 2.16. The lowest BCUT2D eigenvalue weighted by Gasteiger charge is -2.02. The molecule has 20 heavy (non-hydrogen) atoms. The first-order valence-corrected chi connectivity index (χ1v) is 7.92. The lowest BCUT2D eigenvalue weighted by Crippen LogP contribution is -2.23. The van der Waals surface area contributed by atoms with E-state index < -0.39 is 10.0 Å². The van der Waals surface area contributed by atoms with E-state index >= 15 is 0 Å². The Morgan fingerprint density at radius 1 is 1.40 bits per heavy atom. The number of nitrogens with one attached hydrogen (secondary N) is 1. The maximum Gasteiger partial charge on any atom is 0.245 e. The molecule has 2 heterocycles. The van der Waals surface area contributed by atoms with Gasteiger partial charge in [0.2, 0.25) is 15.9 Å². The first kappa shape index (κ1) is 15.2. The fraction of sp³-hybridized carbons (Fsp3) is 0.364. The summed E-state index contributed by atoms with van der Waals surface area (Å²) in [6, 6.07) is 1.25. The Morgan fingerprint density at radius 3 is 2.60 bits per heavy atom. The van der Waals surface area contributed by atoms with Gasteiger partial charge in [0, 0.05) is 6.07 Å². The molecule has 0 aromatic carbocycles. The van der Waals surface area contributed by atoms with Gasteiger partial charge in [-0.3, -0.25) is 0 Å². The Morgan fingerprint density at radius 2 is 2.10 bits per heavy atom. The molecule has 0 fully saturated rings. The van der Waals surface area contributed by atoms with Gasteiger partial charge in [0.25, 0.3) is 0 Å². The third-order valence-corrected chi connectivity index (χ3v) is 4.90. The van der Waals surface area contributed by atoms with E-state index in [1.165, 1.54) is 6.07 Å². The molecule has 2 aromatic rings. The van der Waals surface area contributed by atoms with Crippen LogP contribution in [0.5, 0.6) is 0 Å². The number of aryl methyl sites for hydroxylation is 2. The first-order chi connectivity index (χ1) is 9.33. The number of halogens is 1. The smallest absolute Gasteiger partial charge is 0.245 e. The predicted molar refractivity (Wildman–Crippen MR) is 72.3 cm³/mol. The minimum atomic E-state index is -3.78. The highest BCUT2D eigenvalue weighted by atomic mass is 79.9. The fourth-order valence-corrected chi connectivity index (χ4v) is 3.48. The fourth-order valence-electron chi connectivity index (χ4n) is 1.51. The van der Waals surface area contributed by atoms with Gasteiger partial charge in [-0.05, 0) is 29.8 Å². The van der Waals surface area contributed by atoms with Crippen LogP contribution in [0.2, 0.25) is 0 Å².